The summed E-state index contributed by atoms with van der Waals surface area (Å²) >= 11 is 8.81. The number of carbonyl (C=O) groups excluding carboxylic acids is 2. The van der Waals surface area contributed by atoms with Gasteiger partial charge in [0.05, 0.1) is 24.3 Å². The molecule has 0 aliphatic carbocycles. The van der Waals surface area contributed by atoms with Crippen molar-refractivity contribution in [3.8, 4) is 39.6 Å². The molecule has 0 bridgehead atoms. The van der Waals surface area contributed by atoms with Crippen LogP contribution >= 0.6 is 59.5 Å². The first-order valence-electron chi connectivity index (χ1n) is 14.3. The number of amides is 1. The summed E-state index contributed by atoms with van der Waals surface area (Å²) in [5, 5.41) is 27.1. The van der Waals surface area contributed by atoms with Crippen LogP contribution in [0.3, 0.4) is 0 Å². The van der Waals surface area contributed by atoms with Crippen LogP contribution < -0.4 is 10.1 Å². The molecule has 49 heavy (non-hydrogen) atoms. The second kappa shape index (κ2) is 19.9. The minimum Gasteiger partial charge on any atom is -0.490 e. The Morgan fingerprint density at radius 3 is 2.14 bits per heavy atom. The molecule has 4 rings (SSSR count). The molecule has 1 amide bonds. The average molecular weight is 763 g/mol. The number of nitrogens with zero attached hydrogens (tertiary/aromatic N) is 6. The summed E-state index contributed by atoms with van der Waals surface area (Å²) in [6.45, 7) is 0.495. The zero-order chi connectivity index (χ0) is 33.9. The van der Waals surface area contributed by atoms with E-state index >= 15 is 0 Å². The lowest BCUT2D eigenvalue weighted by molar-refractivity contribution is -0.145. The Morgan fingerprint density at radius 1 is 0.898 bits per heavy atom. The third-order valence-electron chi connectivity index (χ3n) is 6.31. The minimum absolute atomic E-state index is 0. The molecule has 0 spiro atoms. The van der Waals surface area contributed by atoms with Crippen molar-refractivity contribution in [1.82, 2.24) is 19.8 Å². The van der Waals surface area contributed by atoms with E-state index in [1.807, 2.05) is 29.6 Å². The highest BCUT2D eigenvalue weighted by Gasteiger charge is 2.23. The summed E-state index contributed by atoms with van der Waals surface area (Å²) in [4.78, 5) is 37.3. The van der Waals surface area contributed by atoms with Crippen molar-refractivity contribution in [2.45, 2.75) is 10.8 Å². The van der Waals surface area contributed by atoms with Crippen molar-refractivity contribution in [1.29, 1.82) is 10.5 Å². The lowest BCUT2D eigenvalue weighted by Crippen LogP contribution is -2.28. The smallest absolute Gasteiger partial charge is 0.320 e. The highest BCUT2D eigenvalue weighted by molar-refractivity contribution is 7.98. The summed E-state index contributed by atoms with van der Waals surface area (Å²) in [5.41, 5.74) is 2.90. The second-order valence-corrected chi connectivity index (χ2v) is 12.9. The highest BCUT2D eigenvalue weighted by Crippen LogP contribution is 2.38. The van der Waals surface area contributed by atoms with Gasteiger partial charge in [0.15, 0.2) is 5.82 Å². The summed E-state index contributed by atoms with van der Waals surface area (Å²) in [5.74, 6) is 0.272. The molecule has 1 N–H and O–H groups in total. The van der Waals surface area contributed by atoms with E-state index in [-0.39, 0.29) is 79.9 Å². The quantitative estimate of drug-likeness (QED) is 0.0867. The van der Waals surface area contributed by atoms with E-state index in [0.29, 0.717) is 32.7 Å². The molecule has 258 valence electrons. The molecule has 2 heterocycles. The maximum atomic E-state index is 12.8. The molecule has 2 aromatic heterocycles. The third kappa shape index (κ3) is 11.9. The number of ether oxygens (including phenoxy) is 2. The molecular weight excluding hydrogens is 729 g/mol. The van der Waals surface area contributed by atoms with Gasteiger partial charge in [-0.3, -0.25) is 14.5 Å². The summed E-state index contributed by atoms with van der Waals surface area (Å²) in [7, 11) is 7.07. The number of benzene rings is 2. The van der Waals surface area contributed by atoms with E-state index in [2.05, 4.69) is 22.4 Å². The number of nitrogens with one attached hydrogen (secondary N) is 1. The monoisotopic (exact) mass is 761 g/mol. The van der Waals surface area contributed by atoms with E-state index in [4.69, 9.17) is 26.1 Å². The number of esters is 1. The number of rotatable bonds is 14. The number of carbonyl (C=O) groups is 2. The first kappa shape index (κ1) is 41.3. The first-order valence-corrected chi connectivity index (χ1v) is 16.5. The van der Waals surface area contributed by atoms with Crippen LogP contribution in [0.5, 0.6) is 5.75 Å². The number of thiazole rings is 1. The molecule has 2 aromatic carbocycles. The van der Waals surface area contributed by atoms with Crippen molar-refractivity contribution in [3.05, 3.63) is 75.8 Å². The van der Waals surface area contributed by atoms with Gasteiger partial charge < -0.3 is 19.7 Å². The summed E-state index contributed by atoms with van der Waals surface area (Å²) < 4.78 is 10.9. The van der Waals surface area contributed by atoms with Crippen LogP contribution in [0, 0.1) is 22.7 Å². The Bertz CT molecular complexity index is 1810. The van der Waals surface area contributed by atoms with E-state index in [1.165, 1.54) is 23.1 Å². The SMILES string of the molecule is CN(C)CC(=O)Nc1nc(SCc2csc(-c3ccc(Cl)cc3)n2)c(C#N)c(-c2ccc(OCCOC(=O)CN(C)C)cc2)c1C#N.Cl.Cl. The van der Waals surface area contributed by atoms with Crippen molar-refractivity contribution in [2.24, 2.45) is 0 Å². The first-order chi connectivity index (χ1) is 22.6. The standard InChI is InChI=1S/C33H32ClN7O4S2.2ClH/c1-40(2)17-28(42)38-31-26(15-35)30(21-7-11-25(12-8-21)44-13-14-45-29(43)18-41(3)4)27(16-36)33(39-31)47-20-24-19-46-32(37-24)22-5-9-23(34)10-6-22;;/h5-12,19H,13-14,17-18,20H2,1-4H3,(H,38,39,42);2*1H. The number of nitriles is 2. The molecule has 4 aromatic rings. The molecule has 0 fully saturated rings. The molecular formula is C33H34Cl3N7O4S2. The van der Waals surface area contributed by atoms with Gasteiger partial charge in [-0.15, -0.1) is 36.2 Å². The van der Waals surface area contributed by atoms with Crippen LogP contribution in [-0.2, 0) is 20.1 Å². The number of thioether (sulfide) groups is 1. The van der Waals surface area contributed by atoms with Gasteiger partial charge in [-0.05, 0) is 58.0 Å². The lowest BCUT2D eigenvalue weighted by atomic mass is 9.96. The highest BCUT2D eigenvalue weighted by atomic mass is 35.5. The molecule has 0 aliphatic rings. The van der Waals surface area contributed by atoms with Gasteiger partial charge in [-0.2, -0.15) is 10.5 Å². The molecule has 0 aliphatic heterocycles. The Balaban J connectivity index is 0.00000417. The molecule has 0 unspecified atom stereocenters. The fourth-order valence-electron chi connectivity index (χ4n) is 4.30. The minimum atomic E-state index is -0.354. The second-order valence-electron chi connectivity index (χ2n) is 10.7. The topological polar surface area (TPSA) is 144 Å². The molecule has 0 atom stereocenters. The number of pyridine rings is 1. The van der Waals surface area contributed by atoms with Crippen LogP contribution in [0.1, 0.15) is 16.8 Å². The Labute approximate surface area is 311 Å². The van der Waals surface area contributed by atoms with Crippen molar-refractivity contribution < 1.29 is 19.1 Å². The van der Waals surface area contributed by atoms with Crippen LogP contribution in [0.25, 0.3) is 21.7 Å². The lowest BCUT2D eigenvalue weighted by Gasteiger charge is -2.16. The Kier molecular flexibility index (Phi) is 16.8. The number of hydrogen-bond acceptors (Lipinski definition) is 12. The van der Waals surface area contributed by atoms with Crippen molar-refractivity contribution in [3.63, 3.8) is 0 Å². The Morgan fingerprint density at radius 2 is 1.53 bits per heavy atom. The van der Waals surface area contributed by atoms with Gasteiger partial charge >= 0.3 is 5.97 Å². The van der Waals surface area contributed by atoms with Gasteiger partial charge in [0.25, 0.3) is 0 Å². The molecule has 16 heteroatoms. The third-order valence-corrected chi connectivity index (χ3v) is 8.51. The van der Waals surface area contributed by atoms with E-state index in [9.17, 15) is 20.1 Å². The fourth-order valence-corrected chi connectivity index (χ4v) is 6.23. The molecule has 0 radical (unpaired) electrons. The maximum Gasteiger partial charge on any atom is 0.320 e. The fraction of sp³-hybridized carbons (Fsp3) is 0.273. The predicted octanol–water partition coefficient (Wildman–Crippen LogP) is 6.39. The number of anilines is 1. The van der Waals surface area contributed by atoms with Gasteiger partial charge in [0.2, 0.25) is 5.91 Å². The van der Waals surface area contributed by atoms with Gasteiger partial charge in [-0.1, -0.05) is 47.6 Å². The van der Waals surface area contributed by atoms with Crippen molar-refractivity contribution in [2.75, 3.05) is 59.8 Å². The zero-order valence-electron chi connectivity index (χ0n) is 27.1. The average Bonchev–Trinajstić information content (AvgIpc) is 3.50. The van der Waals surface area contributed by atoms with E-state index < -0.39 is 0 Å². The van der Waals surface area contributed by atoms with Gasteiger partial charge in [0.1, 0.15) is 46.7 Å². The number of halogens is 3. The number of likely N-dealkylation sites (N-methyl/N-ethyl adjacent to an activating group) is 2. The van der Waals surface area contributed by atoms with Crippen LogP contribution in [0.4, 0.5) is 5.82 Å². The van der Waals surface area contributed by atoms with E-state index in [1.54, 1.807) is 62.3 Å². The summed E-state index contributed by atoms with van der Waals surface area (Å²) in [6.07, 6.45) is 0. The maximum absolute atomic E-state index is 12.8. The number of aromatic nitrogens is 2. The molecule has 0 saturated heterocycles. The largest absolute Gasteiger partial charge is 0.490 e. The molecule has 0 saturated carbocycles. The van der Waals surface area contributed by atoms with Crippen molar-refractivity contribution >= 4 is 77.2 Å². The van der Waals surface area contributed by atoms with Gasteiger partial charge in [0, 0.05) is 27.3 Å². The van der Waals surface area contributed by atoms with Crippen LogP contribution in [0.2, 0.25) is 5.02 Å². The van der Waals surface area contributed by atoms with Gasteiger partial charge in [-0.25, -0.2) is 9.97 Å². The normalized spacial score (nSPS) is 10.4. The Hall–Kier alpha value is -3.92. The predicted molar refractivity (Wildman–Crippen MR) is 198 cm³/mol. The number of hydrogen-bond donors (Lipinski definition) is 1. The van der Waals surface area contributed by atoms with Crippen LogP contribution in [0.15, 0.2) is 58.9 Å². The summed E-state index contributed by atoms with van der Waals surface area (Å²) in [6, 6.07) is 18.7. The van der Waals surface area contributed by atoms with E-state index in [0.717, 1.165) is 16.3 Å². The molecule has 11 nitrogen and oxygen atoms in total. The zero-order valence-corrected chi connectivity index (χ0v) is 31.1. The van der Waals surface area contributed by atoms with Crippen LogP contribution in [-0.4, -0.2) is 86.1 Å².